The monoisotopic (exact) mass is 248 g/mol. The van der Waals surface area contributed by atoms with Crippen LogP contribution in [0.25, 0.3) is 0 Å². The molecule has 6 heteroatoms. The molecule has 0 rings (SSSR count). The number of methoxy groups -OCH3 is 1. The van der Waals surface area contributed by atoms with Crippen LogP contribution in [-0.2, 0) is 14.3 Å². The standard InChI is InChI=1S/C10H20N2O3S/c1-7(2)9(11)10(14)12-4-5-16-6-8(13)15-3/h7,9H,4-6,11H2,1-3H3,(H,12,14)/t9-/m0/s1. The van der Waals surface area contributed by atoms with E-state index >= 15 is 0 Å². The van der Waals surface area contributed by atoms with E-state index in [1.54, 1.807) is 0 Å². The van der Waals surface area contributed by atoms with Gasteiger partial charge < -0.3 is 15.8 Å². The van der Waals surface area contributed by atoms with Crippen molar-refractivity contribution in [2.75, 3.05) is 25.2 Å². The second-order valence-corrected chi connectivity index (χ2v) is 4.79. The quantitative estimate of drug-likeness (QED) is 0.489. The zero-order valence-corrected chi connectivity index (χ0v) is 10.8. The smallest absolute Gasteiger partial charge is 0.315 e. The van der Waals surface area contributed by atoms with Crippen molar-refractivity contribution in [3.63, 3.8) is 0 Å². The SMILES string of the molecule is COC(=O)CSCCNC(=O)[C@@H](N)C(C)C. The number of ether oxygens (including phenoxy) is 1. The number of rotatable bonds is 7. The molecular weight excluding hydrogens is 228 g/mol. The van der Waals surface area contributed by atoms with Gasteiger partial charge in [-0.2, -0.15) is 0 Å². The first-order chi connectivity index (χ1) is 7.49. The van der Waals surface area contributed by atoms with E-state index in [-0.39, 0.29) is 17.8 Å². The van der Waals surface area contributed by atoms with E-state index < -0.39 is 6.04 Å². The molecule has 16 heavy (non-hydrogen) atoms. The summed E-state index contributed by atoms with van der Waals surface area (Å²) in [7, 11) is 1.35. The molecule has 0 radical (unpaired) electrons. The van der Waals surface area contributed by atoms with Gasteiger partial charge in [-0.3, -0.25) is 9.59 Å². The van der Waals surface area contributed by atoms with Gasteiger partial charge in [-0.05, 0) is 5.92 Å². The largest absolute Gasteiger partial charge is 0.468 e. The maximum absolute atomic E-state index is 11.4. The minimum absolute atomic E-state index is 0.128. The Bertz CT molecular complexity index is 234. The summed E-state index contributed by atoms with van der Waals surface area (Å²) in [4.78, 5) is 22.2. The van der Waals surface area contributed by atoms with Gasteiger partial charge in [0.25, 0.3) is 0 Å². The maximum Gasteiger partial charge on any atom is 0.315 e. The lowest BCUT2D eigenvalue weighted by atomic mass is 10.1. The van der Waals surface area contributed by atoms with Crippen molar-refractivity contribution in [1.82, 2.24) is 5.32 Å². The van der Waals surface area contributed by atoms with Crippen molar-refractivity contribution in [3.8, 4) is 0 Å². The minimum atomic E-state index is -0.467. The van der Waals surface area contributed by atoms with Gasteiger partial charge in [0.05, 0.1) is 18.9 Å². The number of carbonyl (C=O) groups excluding carboxylic acids is 2. The Kier molecular flexibility index (Phi) is 8.01. The molecule has 94 valence electrons. The van der Waals surface area contributed by atoms with Crippen LogP contribution in [0.4, 0.5) is 0 Å². The van der Waals surface area contributed by atoms with E-state index in [1.807, 2.05) is 13.8 Å². The summed E-state index contributed by atoms with van der Waals surface area (Å²) in [6.07, 6.45) is 0. The summed E-state index contributed by atoms with van der Waals surface area (Å²) >= 11 is 1.42. The lowest BCUT2D eigenvalue weighted by Gasteiger charge is -2.14. The van der Waals surface area contributed by atoms with Crippen LogP contribution in [-0.4, -0.2) is 43.1 Å². The van der Waals surface area contributed by atoms with Crippen LogP contribution in [0.3, 0.4) is 0 Å². The Morgan fingerprint density at radius 3 is 2.56 bits per heavy atom. The molecule has 0 spiro atoms. The molecular formula is C10H20N2O3S. The summed E-state index contributed by atoms with van der Waals surface area (Å²) < 4.78 is 4.48. The van der Waals surface area contributed by atoms with Crippen LogP contribution >= 0.6 is 11.8 Å². The second kappa shape index (κ2) is 8.41. The summed E-state index contributed by atoms with van der Waals surface area (Å²) in [5.74, 6) is 0.709. The molecule has 1 atom stereocenters. The molecule has 0 bridgehead atoms. The van der Waals surface area contributed by atoms with Crippen LogP contribution in [0.1, 0.15) is 13.8 Å². The van der Waals surface area contributed by atoms with E-state index in [0.717, 1.165) is 0 Å². The predicted molar refractivity (Wildman–Crippen MR) is 65.2 cm³/mol. The van der Waals surface area contributed by atoms with Crippen LogP contribution < -0.4 is 11.1 Å². The summed E-state index contributed by atoms with van der Waals surface area (Å²) in [6, 6.07) is -0.467. The normalized spacial score (nSPS) is 12.3. The highest BCUT2D eigenvalue weighted by Gasteiger charge is 2.16. The summed E-state index contributed by atoms with van der Waals surface area (Å²) in [5.41, 5.74) is 5.65. The number of nitrogens with two attached hydrogens (primary N) is 1. The lowest BCUT2D eigenvalue weighted by Crippen LogP contribution is -2.44. The molecule has 0 fully saturated rings. The van der Waals surface area contributed by atoms with Gasteiger partial charge in [0.1, 0.15) is 0 Å². The van der Waals surface area contributed by atoms with Crippen molar-refractivity contribution < 1.29 is 14.3 Å². The van der Waals surface area contributed by atoms with E-state index in [1.165, 1.54) is 18.9 Å². The Hall–Kier alpha value is -0.750. The third-order valence-corrected chi connectivity index (χ3v) is 2.95. The number of amides is 1. The molecule has 0 aliphatic carbocycles. The number of thioether (sulfide) groups is 1. The number of esters is 1. The Labute approximate surface area is 100 Å². The van der Waals surface area contributed by atoms with Crippen molar-refractivity contribution in [2.24, 2.45) is 11.7 Å². The zero-order chi connectivity index (χ0) is 12.6. The maximum atomic E-state index is 11.4. The predicted octanol–water partition coefficient (Wildman–Crippen LogP) is -0.00790. The summed E-state index contributed by atoms with van der Waals surface area (Å²) in [6.45, 7) is 4.31. The van der Waals surface area contributed by atoms with Gasteiger partial charge in [0.2, 0.25) is 5.91 Å². The minimum Gasteiger partial charge on any atom is -0.468 e. The topological polar surface area (TPSA) is 81.4 Å². The van der Waals surface area contributed by atoms with Gasteiger partial charge in [-0.25, -0.2) is 0 Å². The van der Waals surface area contributed by atoms with E-state index in [0.29, 0.717) is 18.1 Å². The van der Waals surface area contributed by atoms with Crippen molar-refractivity contribution in [2.45, 2.75) is 19.9 Å². The molecule has 0 aromatic carbocycles. The number of nitrogens with one attached hydrogen (secondary N) is 1. The highest BCUT2D eigenvalue weighted by Crippen LogP contribution is 2.00. The average Bonchev–Trinajstić information content (AvgIpc) is 2.26. The lowest BCUT2D eigenvalue weighted by molar-refractivity contribution is -0.137. The molecule has 3 N–H and O–H groups in total. The third-order valence-electron chi connectivity index (χ3n) is 2.01. The molecule has 0 aliphatic heterocycles. The fourth-order valence-corrected chi connectivity index (χ4v) is 1.56. The van der Waals surface area contributed by atoms with Gasteiger partial charge in [0, 0.05) is 12.3 Å². The van der Waals surface area contributed by atoms with Crippen LogP contribution in [0.5, 0.6) is 0 Å². The number of hydrogen-bond donors (Lipinski definition) is 2. The third kappa shape index (κ3) is 6.68. The first-order valence-electron chi connectivity index (χ1n) is 5.17. The zero-order valence-electron chi connectivity index (χ0n) is 9.99. The van der Waals surface area contributed by atoms with Gasteiger partial charge in [0.15, 0.2) is 0 Å². The molecule has 0 saturated carbocycles. The molecule has 5 nitrogen and oxygen atoms in total. The first-order valence-corrected chi connectivity index (χ1v) is 6.32. The van der Waals surface area contributed by atoms with Crippen molar-refractivity contribution >= 4 is 23.6 Å². The Morgan fingerprint density at radius 2 is 2.06 bits per heavy atom. The molecule has 0 aromatic rings. The van der Waals surface area contributed by atoms with E-state index in [9.17, 15) is 9.59 Å². The highest BCUT2D eigenvalue weighted by atomic mass is 32.2. The number of hydrogen-bond acceptors (Lipinski definition) is 5. The van der Waals surface area contributed by atoms with Gasteiger partial charge >= 0.3 is 5.97 Å². The molecule has 0 unspecified atom stereocenters. The van der Waals surface area contributed by atoms with Crippen LogP contribution in [0.15, 0.2) is 0 Å². The van der Waals surface area contributed by atoms with Gasteiger partial charge in [-0.15, -0.1) is 11.8 Å². The van der Waals surface area contributed by atoms with Crippen molar-refractivity contribution in [1.29, 1.82) is 0 Å². The average molecular weight is 248 g/mol. The fourth-order valence-electron chi connectivity index (χ4n) is 0.881. The van der Waals surface area contributed by atoms with Gasteiger partial charge in [-0.1, -0.05) is 13.8 Å². The molecule has 0 aliphatic rings. The Balaban J connectivity index is 3.52. The molecule has 0 saturated heterocycles. The fraction of sp³-hybridized carbons (Fsp3) is 0.800. The van der Waals surface area contributed by atoms with Crippen LogP contribution in [0.2, 0.25) is 0 Å². The molecule has 1 amide bonds. The van der Waals surface area contributed by atoms with Crippen molar-refractivity contribution in [3.05, 3.63) is 0 Å². The summed E-state index contributed by atoms with van der Waals surface area (Å²) in [5, 5.41) is 2.72. The van der Waals surface area contributed by atoms with E-state index in [2.05, 4.69) is 10.1 Å². The first kappa shape index (κ1) is 15.2. The second-order valence-electron chi connectivity index (χ2n) is 3.69. The highest BCUT2D eigenvalue weighted by molar-refractivity contribution is 7.99. The van der Waals surface area contributed by atoms with Crippen LogP contribution in [0, 0.1) is 5.92 Å². The Morgan fingerprint density at radius 1 is 1.44 bits per heavy atom. The van der Waals surface area contributed by atoms with E-state index in [4.69, 9.17) is 5.73 Å². The molecule has 0 heterocycles. The molecule has 0 aromatic heterocycles. The number of carbonyl (C=O) groups is 2.